The summed E-state index contributed by atoms with van der Waals surface area (Å²) in [6, 6.07) is 14.4. The summed E-state index contributed by atoms with van der Waals surface area (Å²) < 4.78 is 6.54. The zero-order valence-electron chi connectivity index (χ0n) is 18.2. The number of ether oxygens (including phenoxy) is 1. The number of nitro groups is 1. The van der Waals surface area contributed by atoms with Crippen LogP contribution in [0.2, 0.25) is 0 Å². The van der Waals surface area contributed by atoms with Crippen LogP contribution in [0.25, 0.3) is 0 Å². The monoisotopic (exact) mass is 469 g/mol. The number of aromatic amines is 1. The molecule has 34 heavy (non-hydrogen) atoms. The molecule has 3 aromatic rings. The molecule has 178 valence electrons. The lowest BCUT2D eigenvalue weighted by molar-refractivity contribution is -0.384. The number of non-ortho nitro benzene ring substituents is 1. The fourth-order valence-electron chi connectivity index (χ4n) is 3.34. The average Bonchev–Trinajstić information content (AvgIpc) is 3.22. The lowest BCUT2D eigenvalue weighted by Crippen LogP contribution is -2.33. The van der Waals surface area contributed by atoms with Crippen LogP contribution >= 0.6 is 0 Å². The van der Waals surface area contributed by atoms with Crippen molar-refractivity contribution in [3.05, 3.63) is 108 Å². The van der Waals surface area contributed by atoms with Gasteiger partial charge in [0.2, 0.25) is 0 Å². The largest absolute Gasteiger partial charge is 0.394 e. The molecule has 0 spiro atoms. The van der Waals surface area contributed by atoms with E-state index >= 15 is 0 Å². The number of nitrogens with one attached hydrogen (secondary N) is 1. The maximum Gasteiger partial charge on any atom is 0.330 e. The summed E-state index contributed by atoms with van der Waals surface area (Å²) in [4.78, 5) is 46.9. The number of aliphatic hydroxyl groups is 2. The number of rotatable bonds is 5. The molecule has 2 heterocycles. The number of aliphatic hydroxyl groups excluding tert-OH is 2. The van der Waals surface area contributed by atoms with Gasteiger partial charge in [0.15, 0.2) is 5.78 Å². The van der Waals surface area contributed by atoms with Crippen LogP contribution in [-0.2, 0) is 4.74 Å². The normalized spacial score (nSPS) is 19.2. The molecule has 0 bridgehead atoms. The van der Waals surface area contributed by atoms with Crippen LogP contribution in [0, 0.1) is 17.0 Å². The highest BCUT2D eigenvalue weighted by atomic mass is 16.6. The van der Waals surface area contributed by atoms with E-state index in [0.717, 1.165) is 0 Å². The summed E-state index contributed by atoms with van der Waals surface area (Å²) in [6.45, 7) is 1.26. The minimum Gasteiger partial charge on any atom is -0.394 e. The highest BCUT2D eigenvalue weighted by Crippen LogP contribution is 2.27. The lowest BCUT2D eigenvalue weighted by atomic mass is 10.0. The SMILES string of the molecule is Cc1cn([C@H]2C[C@H](O)[C@@H](CO)O2)c(=O)[nH]c1=O.O=C(c1ccccc1)c1ccc([N+](=O)[O-])cc1. The zero-order chi connectivity index (χ0) is 24.8. The predicted molar refractivity (Wildman–Crippen MR) is 121 cm³/mol. The third kappa shape index (κ3) is 5.70. The Labute approximate surface area is 193 Å². The number of nitro benzene ring substituents is 1. The van der Waals surface area contributed by atoms with Gasteiger partial charge in [-0.25, -0.2) is 4.79 Å². The Morgan fingerprint density at radius 2 is 1.76 bits per heavy atom. The van der Waals surface area contributed by atoms with E-state index < -0.39 is 34.6 Å². The lowest BCUT2D eigenvalue weighted by Gasteiger charge is -2.14. The number of hydrogen-bond acceptors (Lipinski definition) is 8. The molecule has 4 rings (SSSR count). The molecule has 11 nitrogen and oxygen atoms in total. The minimum absolute atomic E-state index is 0.0189. The van der Waals surface area contributed by atoms with Gasteiger partial charge in [0.25, 0.3) is 11.2 Å². The second-order valence-corrected chi connectivity index (χ2v) is 7.59. The Hall–Kier alpha value is -3.93. The zero-order valence-corrected chi connectivity index (χ0v) is 18.2. The molecule has 11 heteroatoms. The van der Waals surface area contributed by atoms with Gasteiger partial charge in [-0.15, -0.1) is 0 Å². The molecule has 1 aliphatic heterocycles. The van der Waals surface area contributed by atoms with Crippen molar-refractivity contribution in [2.75, 3.05) is 6.61 Å². The smallest absolute Gasteiger partial charge is 0.330 e. The van der Waals surface area contributed by atoms with Crippen LogP contribution in [0.5, 0.6) is 0 Å². The van der Waals surface area contributed by atoms with E-state index in [4.69, 9.17) is 9.84 Å². The Balaban J connectivity index is 0.000000191. The van der Waals surface area contributed by atoms with Gasteiger partial charge in [-0.05, 0) is 19.1 Å². The van der Waals surface area contributed by atoms with Gasteiger partial charge in [0.05, 0.1) is 17.6 Å². The van der Waals surface area contributed by atoms with Crippen molar-refractivity contribution in [3.63, 3.8) is 0 Å². The van der Waals surface area contributed by atoms with Crippen molar-refractivity contribution in [1.29, 1.82) is 0 Å². The van der Waals surface area contributed by atoms with Crippen molar-refractivity contribution >= 4 is 11.5 Å². The molecule has 1 aliphatic rings. The van der Waals surface area contributed by atoms with E-state index in [1.165, 1.54) is 35.0 Å². The molecule has 0 aliphatic carbocycles. The van der Waals surface area contributed by atoms with Gasteiger partial charge < -0.3 is 14.9 Å². The second kappa shape index (κ2) is 10.8. The van der Waals surface area contributed by atoms with E-state index in [-0.39, 0.29) is 24.5 Å². The van der Waals surface area contributed by atoms with Crippen molar-refractivity contribution in [2.24, 2.45) is 0 Å². The number of carbonyl (C=O) groups excluding carboxylic acids is 1. The molecule has 1 saturated heterocycles. The summed E-state index contributed by atoms with van der Waals surface area (Å²) in [6.07, 6.45) is -0.581. The summed E-state index contributed by atoms with van der Waals surface area (Å²) in [5, 5.41) is 29.0. The molecule has 3 N–H and O–H groups in total. The van der Waals surface area contributed by atoms with Gasteiger partial charge in [-0.1, -0.05) is 30.3 Å². The number of nitrogens with zero attached hydrogens (tertiary/aromatic N) is 2. The third-order valence-electron chi connectivity index (χ3n) is 5.22. The fraction of sp³-hybridized carbons (Fsp3) is 0.261. The first-order chi connectivity index (χ1) is 16.2. The first kappa shape index (κ1) is 24.7. The second-order valence-electron chi connectivity index (χ2n) is 7.59. The number of H-pyrrole nitrogens is 1. The van der Waals surface area contributed by atoms with Crippen molar-refractivity contribution in [1.82, 2.24) is 9.55 Å². The molecule has 0 radical (unpaired) electrons. The summed E-state index contributed by atoms with van der Waals surface area (Å²) in [7, 11) is 0. The molecule has 0 saturated carbocycles. The molecular formula is C23H23N3O8. The van der Waals surface area contributed by atoms with Crippen LogP contribution in [-0.4, -0.2) is 49.3 Å². The van der Waals surface area contributed by atoms with E-state index in [1.807, 2.05) is 6.07 Å². The number of aromatic nitrogens is 2. The first-order valence-corrected chi connectivity index (χ1v) is 10.3. The molecule has 3 atom stereocenters. The van der Waals surface area contributed by atoms with Crippen LogP contribution < -0.4 is 11.2 Å². The van der Waals surface area contributed by atoms with E-state index in [1.54, 1.807) is 31.2 Å². The molecule has 1 aromatic heterocycles. The van der Waals surface area contributed by atoms with Gasteiger partial charge in [-0.2, -0.15) is 0 Å². The van der Waals surface area contributed by atoms with E-state index in [2.05, 4.69) is 4.98 Å². The van der Waals surface area contributed by atoms with Crippen molar-refractivity contribution in [3.8, 4) is 0 Å². The summed E-state index contributed by atoms with van der Waals surface area (Å²) in [5.41, 5.74) is 0.354. The topological polar surface area (TPSA) is 165 Å². The number of ketones is 1. The van der Waals surface area contributed by atoms with Crippen molar-refractivity contribution < 1.29 is 24.7 Å². The number of aryl methyl sites for hydroxylation is 1. The third-order valence-corrected chi connectivity index (χ3v) is 5.22. The standard InChI is InChI=1S/C13H9NO3.C10H14N2O5/c15-13(10-4-2-1-3-5-10)11-6-8-12(9-7-11)14(16)17;1-5-3-12(10(16)11-9(5)15)8-2-6(14)7(4-13)17-8/h1-9H;3,6-8,13-14H,2,4H2,1H3,(H,11,15,16)/t;6-,7+,8+/m.0/s1. The van der Waals surface area contributed by atoms with Crippen molar-refractivity contribution in [2.45, 2.75) is 31.8 Å². The Morgan fingerprint density at radius 1 is 1.15 bits per heavy atom. The van der Waals surface area contributed by atoms with Gasteiger partial charge >= 0.3 is 5.69 Å². The number of benzene rings is 2. The maximum atomic E-state index is 12.0. The van der Waals surface area contributed by atoms with Crippen LogP contribution in [0.3, 0.4) is 0 Å². The van der Waals surface area contributed by atoms with Gasteiger partial charge in [0.1, 0.15) is 12.3 Å². The Kier molecular flexibility index (Phi) is 7.84. The quantitative estimate of drug-likeness (QED) is 0.286. The summed E-state index contributed by atoms with van der Waals surface area (Å²) in [5.74, 6) is -0.138. The van der Waals surface area contributed by atoms with Crippen LogP contribution in [0.15, 0.2) is 70.4 Å². The highest BCUT2D eigenvalue weighted by molar-refractivity contribution is 6.09. The number of hydrogen-bond donors (Lipinski definition) is 3. The molecule has 0 unspecified atom stereocenters. The molecule has 1 fully saturated rings. The first-order valence-electron chi connectivity index (χ1n) is 10.3. The predicted octanol–water partition coefficient (Wildman–Crippen LogP) is 1.31. The maximum absolute atomic E-state index is 12.0. The Bertz CT molecular complexity index is 1270. The molecule has 2 aromatic carbocycles. The minimum atomic E-state index is -0.816. The average molecular weight is 469 g/mol. The highest BCUT2D eigenvalue weighted by Gasteiger charge is 2.34. The molecule has 0 amide bonds. The van der Waals surface area contributed by atoms with Gasteiger partial charge in [0, 0.05) is 41.4 Å². The Morgan fingerprint density at radius 3 is 2.32 bits per heavy atom. The van der Waals surface area contributed by atoms with Crippen LogP contribution in [0.4, 0.5) is 5.69 Å². The number of carbonyl (C=O) groups is 1. The summed E-state index contributed by atoms with van der Waals surface area (Å²) >= 11 is 0. The fourth-order valence-corrected chi connectivity index (χ4v) is 3.34. The molecular weight excluding hydrogens is 446 g/mol. The van der Waals surface area contributed by atoms with Gasteiger partial charge in [-0.3, -0.25) is 29.3 Å². The van der Waals surface area contributed by atoms with E-state index in [9.17, 15) is 29.6 Å². The van der Waals surface area contributed by atoms with Crippen LogP contribution in [0.1, 0.15) is 34.1 Å². The van der Waals surface area contributed by atoms with E-state index in [0.29, 0.717) is 16.7 Å².